The molecule has 2 aromatic rings. The van der Waals surface area contributed by atoms with Gasteiger partial charge >= 0.3 is 0 Å². The zero-order valence-corrected chi connectivity index (χ0v) is 11.0. The summed E-state index contributed by atoms with van der Waals surface area (Å²) in [5.74, 6) is -0.252. The Morgan fingerprint density at radius 2 is 1.89 bits per heavy atom. The summed E-state index contributed by atoms with van der Waals surface area (Å²) in [4.78, 5) is 25.2. The van der Waals surface area contributed by atoms with Gasteiger partial charge in [-0.25, -0.2) is 0 Å². The minimum absolute atomic E-state index is 0.228. The van der Waals surface area contributed by atoms with Crippen molar-refractivity contribution in [2.45, 2.75) is 5.33 Å². The van der Waals surface area contributed by atoms with Crippen molar-refractivity contribution < 1.29 is 4.79 Å². The zero-order valence-electron chi connectivity index (χ0n) is 9.44. The number of amides is 1. The molecule has 18 heavy (non-hydrogen) atoms. The number of rotatable bonds is 3. The lowest BCUT2D eigenvalue weighted by molar-refractivity contribution is 0.102. The Hall–Kier alpha value is -1.88. The summed E-state index contributed by atoms with van der Waals surface area (Å²) in [7, 11) is 0. The minimum atomic E-state index is -0.252. The summed E-state index contributed by atoms with van der Waals surface area (Å²) in [5, 5.41) is 3.53. The van der Waals surface area contributed by atoms with Crippen molar-refractivity contribution in [3.63, 3.8) is 0 Å². The van der Waals surface area contributed by atoms with Gasteiger partial charge in [-0.15, -0.1) is 0 Å². The summed E-state index contributed by atoms with van der Waals surface area (Å²) in [6, 6.07) is 10.3. The molecule has 1 amide bonds. The van der Waals surface area contributed by atoms with Crippen molar-refractivity contribution in [3.8, 4) is 0 Å². The number of aromatic nitrogens is 1. The molecule has 0 aliphatic heterocycles. The van der Waals surface area contributed by atoms with E-state index in [0.29, 0.717) is 5.56 Å². The minimum Gasteiger partial charge on any atom is -0.328 e. The Morgan fingerprint density at radius 1 is 1.17 bits per heavy atom. The molecule has 1 heterocycles. The lowest BCUT2D eigenvalue weighted by Crippen LogP contribution is -2.14. The predicted octanol–water partition coefficient (Wildman–Crippen LogP) is 2.52. The summed E-state index contributed by atoms with van der Waals surface area (Å²) in [6.45, 7) is 0. The number of halogens is 1. The molecule has 5 heteroatoms. The number of hydrogen-bond donors (Lipinski definition) is 2. The Balaban J connectivity index is 2.10. The Morgan fingerprint density at radius 3 is 2.44 bits per heavy atom. The average molecular weight is 307 g/mol. The molecule has 0 saturated heterocycles. The Kier molecular flexibility index (Phi) is 3.94. The highest BCUT2D eigenvalue weighted by Gasteiger charge is 2.05. The van der Waals surface area contributed by atoms with E-state index in [9.17, 15) is 9.59 Å². The van der Waals surface area contributed by atoms with Crippen LogP contribution < -0.4 is 10.9 Å². The van der Waals surface area contributed by atoms with E-state index in [1.165, 1.54) is 18.3 Å². The number of aromatic amines is 1. The molecular formula is C13H11BrN2O2. The molecule has 0 bridgehead atoms. The zero-order chi connectivity index (χ0) is 13.0. The molecule has 1 aromatic carbocycles. The molecule has 0 unspecified atom stereocenters. The highest BCUT2D eigenvalue weighted by molar-refractivity contribution is 9.08. The number of H-pyrrole nitrogens is 1. The van der Waals surface area contributed by atoms with Gasteiger partial charge in [0.25, 0.3) is 5.91 Å². The van der Waals surface area contributed by atoms with Crippen molar-refractivity contribution in [1.82, 2.24) is 4.98 Å². The van der Waals surface area contributed by atoms with Gasteiger partial charge in [0.1, 0.15) is 0 Å². The van der Waals surface area contributed by atoms with Crippen LogP contribution in [0.3, 0.4) is 0 Å². The van der Waals surface area contributed by atoms with Gasteiger partial charge in [0.2, 0.25) is 5.56 Å². The average Bonchev–Trinajstić information content (AvgIpc) is 2.40. The van der Waals surface area contributed by atoms with Crippen molar-refractivity contribution in [3.05, 3.63) is 64.1 Å². The standard InChI is InChI=1S/C13H11BrN2O2/c14-7-9-1-4-11(5-2-9)16-13(18)10-3-6-12(17)15-8-10/h1-6,8H,7H2,(H,15,17)(H,16,18). The lowest BCUT2D eigenvalue weighted by Gasteiger charge is -2.05. The van der Waals surface area contributed by atoms with Gasteiger partial charge in [-0.1, -0.05) is 28.1 Å². The van der Waals surface area contributed by atoms with Crippen molar-refractivity contribution in [1.29, 1.82) is 0 Å². The first-order chi connectivity index (χ1) is 8.69. The van der Waals surface area contributed by atoms with E-state index >= 15 is 0 Å². The first-order valence-electron chi connectivity index (χ1n) is 5.34. The van der Waals surface area contributed by atoms with Crippen LogP contribution in [-0.4, -0.2) is 10.9 Å². The van der Waals surface area contributed by atoms with Gasteiger partial charge in [0, 0.05) is 23.3 Å². The molecule has 0 radical (unpaired) electrons. The van der Waals surface area contributed by atoms with Gasteiger partial charge in [0.15, 0.2) is 0 Å². The fourth-order valence-electron chi connectivity index (χ4n) is 1.43. The first kappa shape index (κ1) is 12.6. The first-order valence-corrected chi connectivity index (χ1v) is 6.46. The number of nitrogens with one attached hydrogen (secondary N) is 2. The predicted molar refractivity (Wildman–Crippen MR) is 74.1 cm³/mol. The number of hydrogen-bond acceptors (Lipinski definition) is 2. The fraction of sp³-hybridized carbons (Fsp3) is 0.0769. The highest BCUT2D eigenvalue weighted by atomic mass is 79.9. The largest absolute Gasteiger partial charge is 0.328 e. The number of carbonyl (C=O) groups excluding carboxylic acids is 1. The molecule has 0 aliphatic carbocycles. The van der Waals surface area contributed by atoms with E-state index in [0.717, 1.165) is 16.6 Å². The van der Waals surface area contributed by atoms with E-state index in [-0.39, 0.29) is 11.5 Å². The Labute approximate surface area is 112 Å². The van der Waals surface area contributed by atoms with Crippen LogP contribution in [-0.2, 0) is 5.33 Å². The summed E-state index contributed by atoms with van der Waals surface area (Å²) in [6.07, 6.45) is 1.39. The van der Waals surface area contributed by atoms with Gasteiger partial charge < -0.3 is 10.3 Å². The SMILES string of the molecule is O=C(Nc1ccc(CBr)cc1)c1ccc(=O)[nH]c1. The molecule has 0 spiro atoms. The second-order valence-electron chi connectivity index (χ2n) is 3.73. The van der Waals surface area contributed by atoms with Crippen molar-refractivity contribution in [2.24, 2.45) is 0 Å². The van der Waals surface area contributed by atoms with Crippen LogP contribution in [0.25, 0.3) is 0 Å². The number of pyridine rings is 1. The normalized spacial score (nSPS) is 10.1. The van der Waals surface area contributed by atoms with Crippen molar-refractivity contribution in [2.75, 3.05) is 5.32 Å². The smallest absolute Gasteiger partial charge is 0.257 e. The third kappa shape index (κ3) is 3.07. The van der Waals surface area contributed by atoms with Crippen molar-refractivity contribution >= 4 is 27.5 Å². The summed E-state index contributed by atoms with van der Waals surface area (Å²) in [5.41, 5.74) is 2.04. The van der Waals surface area contributed by atoms with E-state index in [1.807, 2.05) is 24.3 Å². The van der Waals surface area contributed by atoms with Gasteiger partial charge in [-0.3, -0.25) is 9.59 Å². The maximum absolute atomic E-state index is 11.8. The van der Waals surface area contributed by atoms with Crippen LogP contribution in [0.4, 0.5) is 5.69 Å². The maximum Gasteiger partial charge on any atom is 0.257 e. The molecule has 0 fully saturated rings. The van der Waals surface area contributed by atoms with Gasteiger partial charge in [-0.05, 0) is 23.8 Å². The van der Waals surface area contributed by atoms with Gasteiger partial charge in [0.05, 0.1) is 5.56 Å². The number of alkyl halides is 1. The van der Waals surface area contributed by atoms with E-state index in [2.05, 4.69) is 26.2 Å². The molecule has 0 aliphatic rings. The molecule has 4 nitrogen and oxygen atoms in total. The maximum atomic E-state index is 11.8. The van der Waals surface area contributed by atoms with Crippen LogP contribution in [0.1, 0.15) is 15.9 Å². The molecule has 1 aromatic heterocycles. The molecule has 0 saturated carbocycles. The molecular weight excluding hydrogens is 296 g/mol. The second-order valence-corrected chi connectivity index (χ2v) is 4.29. The van der Waals surface area contributed by atoms with E-state index in [4.69, 9.17) is 0 Å². The molecule has 92 valence electrons. The molecule has 2 N–H and O–H groups in total. The van der Waals surface area contributed by atoms with Crippen LogP contribution in [0, 0.1) is 0 Å². The fourth-order valence-corrected chi connectivity index (χ4v) is 1.81. The topological polar surface area (TPSA) is 62.0 Å². The van der Waals surface area contributed by atoms with Crippen LogP contribution in [0.2, 0.25) is 0 Å². The summed E-state index contributed by atoms with van der Waals surface area (Å²) < 4.78 is 0. The third-order valence-electron chi connectivity index (χ3n) is 2.41. The lowest BCUT2D eigenvalue weighted by atomic mass is 10.2. The highest BCUT2D eigenvalue weighted by Crippen LogP contribution is 2.12. The monoisotopic (exact) mass is 306 g/mol. The third-order valence-corrected chi connectivity index (χ3v) is 3.06. The molecule has 0 atom stereocenters. The molecule has 2 rings (SSSR count). The number of benzene rings is 1. The number of carbonyl (C=O) groups is 1. The van der Waals surface area contributed by atoms with E-state index < -0.39 is 0 Å². The Bertz CT molecular complexity index is 585. The van der Waals surface area contributed by atoms with Gasteiger partial charge in [-0.2, -0.15) is 0 Å². The summed E-state index contributed by atoms with van der Waals surface area (Å²) >= 11 is 3.36. The second kappa shape index (κ2) is 5.64. The van der Waals surface area contributed by atoms with Crippen LogP contribution in [0.15, 0.2) is 47.4 Å². The quantitative estimate of drug-likeness (QED) is 0.856. The van der Waals surface area contributed by atoms with Crippen LogP contribution >= 0.6 is 15.9 Å². The number of anilines is 1. The van der Waals surface area contributed by atoms with E-state index in [1.54, 1.807) is 0 Å². The van der Waals surface area contributed by atoms with Crippen LogP contribution in [0.5, 0.6) is 0 Å².